The monoisotopic (exact) mass is 783 g/mol. The van der Waals surface area contributed by atoms with Crippen molar-refractivity contribution in [3.8, 4) is 44.5 Å². The molecular weight excluding hydrogens is 735 g/mol. The summed E-state index contributed by atoms with van der Waals surface area (Å²) in [6, 6.07) is 44.1. The standard InChI is InChI=1S/C60H49N/c1-37-52(41-19-15-39(16-20-41)44-24-27-50-32-47-10-4-7-13-54(47)58(50)35-44)29-30-56(60(37)61-38(2)43-23-26-49-31-46-9-3-6-12-53(46)57(49)34-43)42-21-17-40(18-22-42)45-25-28-51-33-48-11-5-8-14-55(48)59(51)36-45/h6-8,12-30,34-36H,3-5,9-11,31-33H2,1-2H3. The molecule has 0 unspecified atom stereocenters. The van der Waals surface area contributed by atoms with Crippen LogP contribution < -0.4 is 0 Å². The first-order chi connectivity index (χ1) is 30.0. The lowest BCUT2D eigenvalue weighted by atomic mass is 9.91. The predicted octanol–water partition coefficient (Wildman–Crippen LogP) is 15.8. The van der Waals surface area contributed by atoms with Crippen LogP contribution in [0.2, 0.25) is 0 Å². The molecule has 1 heteroatoms. The Hall–Kier alpha value is -6.57. The van der Waals surface area contributed by atoms with Crippen molar-refractivity contribution in [3.05, 3.63) is 213 Å². The van der Waals surface area contributed by atoms with Crippen LogP contribution >= 0.6 is 0 Å². The SMILES string of the molecule is CC(=Nc1c(-c2ccc(-c3ccc4c(c3)C3=C(CCC=C3)C4)cc2)ccc(-c2ccc(-c3ccc4c(c3)C3=C(CCC=C3)C4)cc2)c1C)c1ccc2c(c1)C1=C(CCC=C1)C2. The van der Waals surface area contributed by atoms with Crippen LogP contribution in [0.25, 0.3) is 61.2 Å². The zero-order valence-corrected chi connectivity index (χ0v) is 35.2. The third-order valence-electron chi connectivity index (χ3n) is 14.4. The number of hydrogen-bond acceptors (Lipinski definition) is 1. The lowest BCUT2D eigenvalue weighted by Crippen LogP contribution is -1.98. The minimum absolute atomic E-state index is 1.04. The molecule has 294 valence electrons. The van der Waals surface area contributed by atoms with E-state index < -0.39 is 0 Å². The summed E-state index contributed by atoms with van der Waals surface area (Å²) in [6.07, 6.45) is 24.4. The number of allylic oxidation sites excluding steroid dienone is 12. The molecule has 0 saturated carbocycles. The molecule has 1 nitrogen and oxygen atoms in total. The topological polar surface area (TPSA) is 12.4 Å². The zero-order chi connectivity index (χ0) is 40.6. The van der Waals surface area contributed by atoms with Crippen molar-refractivity contribution >= 4 is 28.1 Å². The minimum atomic E-state index is 1.04. The summed E-state index contributed by atoms with van der Waals surface area (Å²) < 4.78 is 0. The van der Waals surface area contributed by atoms with Gasteiger partial charge < -0.3 is 0 Å². The molecule has 0 saturated heterocycles. The average Bonchev–Trinajstić information content (AvgIpc) is 4.00. The summed E-state index contributed by atoms with van der Waals surface area (Å²) >= 11 is 0. The lowest BCUT2D eigenvalue weighted by molar-refractivity contribution is 0.935. The molecule has 0 fully saturated rings. The molecule has 0 radical (unpaired) electrons. The first-order valence-corrected chi connectivity index (χ1v) is 22.5. The molecule has 0 heterocycles. The second-order valence-corrected chi connectivity index (χ2v) is 18.0. The van der Waals surface area contributed by atoms with Gasteiger partial charge in [0.05, 0.1) is 5.69 Å². The fourth-order valence-electron chi connectivity index (χ4n) is 11.0. The van der Waals surface area contributed by atoms with Crippen LogP contribution in [-0.2, 0) is 19.3 Å². The molecule has 0 aliphatic heterocycles. The van der Waals surface area contributed by atoms with Crippen molar-refractivity contribution in [3.63, 3.8) is 0 Å². The van der Waals surface area contributed by atoms with Crippen LogP contribution in [0.1, 0.15) is 90.0 Å². The van der Waals surface area contributed by atoms with E-state index in [-0.39, 0.29) is 0 Å². The normalized spacial score (nSPS) is 17.1. The van der Waals surface area contributed by atoms with E-state index in [9.17, 15) is 0 Å². The highest BCUT2D eigenvalue weighted by atomic mass is 14.8. The summed E-state index contributed by atoms with van der Waals surface area (Å²) in [5.41, 5.74) is 32.0. The smallest absolute Gasteiger partial charge is 0.0746 e. The lowest BCUT2D eigenvalue weighted by Gasteiger charge is -2.17. The molecule has 0 amide bonds. The number of nitrogens with zero attached hydrogens (tertiary/aromatic N) is 1. The molecule has 0 atom stereocenters. The molecule has 6 aliphatic rings. The Kier molecular flexibility index (Phi) is 8.66. The van der Waals surface area contributed by atoms with Crippen LogP contribution in [0.15, 0.2) is 173 Å². The van der Waals surface area contributed by atoms with Gasteiger partial charge in [-0.15, -0.1) is 0 Å². The van der Waals surface area contributed by atoms with Crippen molar-refractivity contribution in [1.29, 1.82) is 0 Å². The first kappa shape index (κ1) is 36.3. The Balaban J connectivity index is 0.911. The maximum absolute atomic E-state index is 5.57. The van der Waals surface area contributed by atoms with Gasteiger partial charge >= 0.3 is 0 Å². The van der Waals surface area contributed by atoms with Gasteiger partial charge in [-0.25, -0.2) is 0 Å². The molecule has 6 aliphatic carbocycles. The van der Waals surface area contributed by atoms with E-state index in [2.05, 4.69) is 166 Å². The Morgan fingerprint density at radius 3 is 1.33 bits per heavy atom. The fourth-order valence-corrected chi connectivity index (χ4v) is 11.0. The van der Waals surface area contributed by atoms with Gasteiger partial charge in [0, 0.05) is 11.3 Å². The van der Waals surface area contributed by atoms with Gasteiger partial charge in [0.2, 0.25) is 0 Å². The number of fused-ring (bicyclic) bond motifs is 6. The van der Waals surface area contributed by atoms with E-state index >= 15 is 0 Å². The molecule has 0 spiro atoms. The van der Waals surface area contributed by atoms with Crippen LogP contribution in [0.3, 0.4) is 0 Å². The van der Waals surface area contributed by atoms with Gasteiger partial charge in [0.25, 0.3) is 0 Å². The summed E-state index contributed by atoms with van der Waals surface area (Å²) in [7, 11) is 0. The first-order valence-electron chi connectivity index (χ1n) is 22.5. The zero-order valence-electron chi connectivity index (χ0n) is 35.2. The highest BCUT2D eigenvalue weighted by Crippen LogP contribution is 2.45. The van der Waals surface area contributed by atoms with Crippen LogP contribution in [-0.4, -0.2) is 5.71 Å². The fraction of sp³-hybridized carbons (Fsp3) is 0.183. The number of rotatable bonds is 6. The number of hydrogen-bond donors (Lipinski definition) is 0. The van der Waals surface area contributed by atoms with Gasteiger partial charge in [-0.3, -0.25) is 4.99 Å². The molecule has 61 heavy (non-hydrogen) atoms. The Morgan fingerprint density at radius 2 is 0.820 bits per heavy atom. The molecule has 0 aromatic heterocycles. The predicted molar refractivity (Wildman–Crippen MR) is 258 cm³/mol. The third kappa shape index (κ3) is 6.25. The maximum atomic E-state index is 5.57. The van der Waals surface area contributed by atoms with Gasteiger partial charge in [-0.1, -0.05) is 150 Å². The van der Waals surface area contributed by atoms with E-state index in [1.165, 1.54) is 126 Å². The quantitative estimate of drug-likeness (QED) is 0.149. The van der Waals surface area contributed by atoms with E-state index in [1.807, 2.05) is 0 Å². The molecule has 0 bridgehead atoms. The number of benzene rings is 6. The van der Waals surface area contributed by atoms with Crippen molar-refractivity contribution in [2.45, 2.75) is 71.6 Å². The van der Waals surface area contributed by atoms with Gasteiger partial charge in [0.15, 0.2) is 0 Å². The van der Waals surface area contributed by atoms with Crippen molar-refractivity contribution in [1.82, 2.24) is 0 Å². The number of aliphatic imine (C=N–C) groups is 1. The van der Waals surface area contributed by atoms with Crippen LogP contribution in [0.4, 0.5) is 5.69 Å². The van der Waals surface area contributed by atoms with Crippen molar-refractivity contribution in [2.24, 2.45) is 4.99 Å². The molecule has 6 aromatic rings. The van der Waals surface area contributed by atoms with E-state index in [0.717, 1.165) is 49.1 Å². The van der Waals surface area contributed by atoms with E-state index in [0.29, 0.717) is 0 Å². The summed E-state index contributed by atoms with van der Waals surface area (Å²) in [5, 5.41) is 0. The van der Waals surface area contributed by atoms with E-state index in [4.69, 9.17) is 4.99 Å². The van der Waals surface area contributed by atoms with Crippen LogP contribution in [0.5, 0.6) is 0 Å². The summed E-state index contributed by atoms with van der Waals surface area (Å²) in [4.78, 5) is 5.57. The Labute approximate surface area is 360 Å². The highest BCUT2D eigenvalue weighted by Gasteiger charge is 2.25. The average molecular weight is 784 g/mol. The maximum Gasteiger partial charge on any atom is 0.0746 e. The highest BCUT2D eigenvalue weighted by molar-refractivity contribution is 6.03. The molecule has 12 rings (SSSR count). The van der Waals surface area contributed by atoms with E-state index in [1.54, 1.807) is 16.7 Å². The van der Waals surface area contributed by atoms with Crippen molar-refractivity contribution < 1.29 is 0 Å². The second-order valence-electron chi connectivity index (χ2n) is 18.0. The largest absolute Gasteiger partial charge is 0.252 e. The van der Waals surface area contributed by atoms with Crippen LogP contribution in [0, 0.1) is 6.92 Å². The van der Waals surface area contributed by atoms with Crippen molar-refractivity contribution in [2.75, 3.05) is 0 Å². The molecule has 6 aromatic carbocycles. The third-order valence-corrected chi connectivity index (χ3v) is 14.4. The Morgan fingerprint density at radius 1 is 0.410 bits per heavy atom. The van der Waals surface area contributed by atoms with Gasteiger partial charge in [-0.05, 0) is 190 Å². The molecular formula is C60H49N. The van der Waals surface area contributed by atoms with Gasteiger partial charge in [0.1, 0.15) is 0 Å². The second kappa shape index (κ2) is 14.6. The summed E-state index contributed by atoms with van der Waals surface area (Å²) in [5.74, 6) is 0. The molecule has 0 N–H and O–H groups in total. The van der Waals surface area contributed by atoms with Gasteiger partial charge in [-0.2, -0.15) is 0 Å². The summed E-state index contributed by atoms with van der Waals surface area (Å²) in [6.45, 7) is 4.45. The Bertz CT molecular complexity index is 3070. The minimum Gasteiger partial charge on any atom is -0.252 e.